The van der Waals surface area contributed by atoms with E-state index in [0.717, 1.165) is 29.6 Å². The van der Waals surface area contributed by atoms with E-state index in [1.54, 1.807) is 11.2 Å². The van der Waals surface area contributed by atoms with Crippen LogP contribution in [0.1, 0.15) is 28.4 Å². The van der Waals surface area contributed by atoms with E-state index in [0.29, 0.717) is 13.1 Å². The molecule has 0 saturated carbocycles. The molecule has 1 amide bonds. The molecule has 4 rings (SSSR count). The minimum absolute atomic E-state index is 0.0657. The number of rotatable bonds is 2. The van der Waals surface area contributed by atoms with E-state index < -0.39 is 11.7 Å². The van der Waals surface area contributed by atoms with Crippen LogP contribution in [0.25, 0.3) is 11.0 Å². The number of aromatic nitrogens is 2. The molecule has 0 N–H and O–H groups in total. The van der Waals surface area contributed by atoms with Crippen LogP contribution < -0.4 is 0 Å². The van der Waals surface area contributed by atoms with Crippen LogP contribution >= 0.6 is 0 Å². The van der Waals surface area contributed by atoms with Crippen molar-refractivity contribution < 1.29 is 18.0 Å². The number of benzene rings is 2. The number of hydrogen-bond acceptors (Lipinski definition) is 2. The Morgan fingerprint density at radius 2 is 1.92 bits per heavy atom. The Morgan fingerprint density at radius 1 is 1.12 bits per heavy atom. The minimum Gasteiger partial charge on any atom is -0.336 e. The lowest BCUT2D eigenvalue weighted by Crippen LogP contribution is -2.29. The maximum atomic E-state index is 12.9. The number of imidazole rings is 1. The summed E-state index contributed by atoms with van der Waals surface area (Å²) in [7, 11) is 0. The fraction of sp³-hybridized carbons (Fsp3) is 0.263. The van der Waals surface area contributed by atoms with Gasteiger partial charge in [0.25, 0.3) is 5.91 Å². The highest BCUT2D eigenvalue weighted by Gasteiger charge is 2.33. The summed E-state index contributed by atoms with van der Waals surface area (Å²) in [5.74, 6) is -0.372. The Balaban J connectivity index is 1.55. The summed E-state index contributed by atoms with van der Waals surface area (Å²) in [6, 6.07) is 12.4. The van der Waals surface area contributed by atoms with E-state index in [1.165, 1.54) is 12.1 Å². The van der Waals surface area contributed by atoms with Gasteiger partial charge in [-0.15, -0.1) is 0 Å². The normalized spacial score (nSPS) is 17.8. The predicted molar refractivity (Wildman–Crippen MR) is 90.7 cm³/mol. The molecule has 134 valence electrons. The van der Waals surface area contributed by atoms with E-state index >= 15 is 0 Å². The van der Waals surface area contributed by atoms with Crippen molar-refractivity contribution in [3.05, 3.63) is 66.0 Å². The van der Waals surface area contributed by atoms with Crippen LogP contribution in [0.3, 0.4) is 0 Å². The minimum atomic E-state index is -4.46. The summed E-state index contributed by atoms with van der Waals surface area (Å²) in [5.41, 5.74) is 1.14. The smallest absolute Gasteiger partial charge is 0.336 e. The zero-order chi connectivity index (χ0) is 18.3. The van der Waals surface area contributed by atoms with Gasteiger partial charge >= 0.3 is 6.18 Å². The molecule has 1 fully saturated rings. The molecule has 0 aliphatic carbocycles. The van der Waals surface area contributed by atoms with Crippen LogP contribution in [-0.4, -0.2) is 33.4 Å². The first-order valence-corrected chi connectivity index (χ1v) is 8.31. The SMILES string of the molecule is O=C(c1cccc(C(F)(F)F)c1)N1CCC(n2cnc3ccccc32)C1. The quantitative estimate of drug-likeness (QED) is 0.690. The van der Waals surface area contributed by atoms with Gasteiger partial charge in [0.2, 0.25) is 0 Å². The van der Waals surface area contributed by atoms with Crippen LogP contribution in [0.2, 0.25) is 0 Å². The Hall–Kier alpha value is -2.83. The highest BCUT2D eigenvalue weighted by atomic mass is 19.4. The highest BCUT2D eigenvalue weighted by Crippen LogP contribution is 2.31. The lowest BCUT2D eigenvalue weighted by atomic mass is 10.1. The van der Waals surface area contributed by atoms with Crippen molar-refractivity contribution in [2.24, 2.45) is 0 Å². The molecule has 0 spiro atoms. The second-order valence-corrected chi connectivity index (χ2v) is 6.41. The monoisotopic (exact) mass is 359 g/mol. The molecule has 2 aromatic carbocycles. The third kappa shape index (κ3) is 2.94. The second-order valence-electron chi connectivity index (χ2n) is 6.41. The number of nitrogens with zero attached hydrogens (tertiary/aromatic N) is 3. The summed E-state index contributed by atoms with van der Waals surface area (Å²) in [6.07, 6.45) is -1.96. The molecule has 0 bridgehead atoms. The number of carbonyl (C=O) groups is 1. The van der Waals surface area contributed by atoms with Gasteiger partial charge in [-0.2, -0.15) is 13.2 Å². The molecule has 1 aliphatic heterocycles. The van der Waals surface area contributed by atoms with Crippen molar-refractivity contribution in [3.63, 3.8) is 0 Å². The standard InChI is InChI=1S/C19H16F3N3O/c20-19(21,22)14-5-3-4-13(10-14)18(26)24-9-8-15(11-24)25-12-23-16-6-1-2-7-17(16)25/h1-7,10,12,15H,8-9,11H2. The maximum Gasteiger partial charge on any atom is 0.416 e. The lowest BCUT2D eigenvalue weighted by Gasteiger charge is -2.18. The van der Waals surface area contributed by atoms with Crippen molar-refractivity contribution in [2.75, 3.05) is 13.1 Å². The zero-order valence-electron chi connectivity index (χ0n) is 13.8. The van der Waals surface area contributed by atoms with Crippen molar-refractivity contribution in [3.8, 4) is 0 Å². The Morgan fingerprint density at radius 3 is 2.73 bits per heavy atom. The molecule has 1 aromatic heterocycles. The van der Waals surface area contributed by atoms with Gasteiger partial charge in [0.05, 0.1) is 29.0 Å². The highest BCUT2D eigenvalue weighted by molar-refractivity contribution is 5.94. The first-order valence-electron chi connectivity index (χ1n) is 8.31. The topological polar surface area (TPSA) is 38.1 Å². The molecule has 3 aromatic rings. The number of alkyl halides is 3. The van der Waals surface area contributed by atoms with Crippen molar-refractivity contribution >= 4 is 16.9 Å². The Kier molecular flexibility index (Phi) is 3.94. The summed E-state index contributed by atoms with van der Waals surface area (Å²) >= 11 is 0. The third-order valence-corrected chi connectivity index (χ3v) is 4.76. The third-order valence-electron chi connectivity index (χ3n) is 4.76. The van der Waals surface area contributed by atoms with Gasteiger partial charge in [-0.3, -0.25) is 4.79 Å². The van der Waals surface area contributed by atoms with E-state index in [-0.39, 0.29) is 17.5 Å². The molecule has 1 aliphatic rings. The van der Waals surface area contributed by atoms with Crippen LogP contribution in [0.5, 0.6) is 0 Å². The molecule has 2 heterocycles. The van der Waals surface area contributed by atoms with Gasteiger partial charge in [-0.25, -0.2) is 4.98 Å². The largest absolute Gasteiger partial charge is 0.416 e. The van der Waals surface area contributed by atoms with Crippen LogP contribution in [0.4, 0.5) is 13.2 Å². The van der Waals surface area contributed by atoms with Crippen molar-refractivity contribution in [1.82, 2.24) is 14.5 Å². The van der Waals surface area contributed by atoms with Crippen LogP contribution in [0, 0.1) is 0 Å². The molecule has 4 nitrogen and oxygen atoms in total. The lowest BCUT2D eigenvalue weighted by molar-refractivity contribution is -0.137. The summed E-state index contributed by atoms with van der Waals surface area (Å²) in [4.78, 5) is 18.6. The summed E-state index contributed by atoms with van der Waals surface area (Å²) < 4.78 is 40.6. The van der Waals surface area contributed by atoms with Gasteiger partial charge in [0, 0.05) is 18.7 Å². The average Bonchev–Trinajstić information content (AvgIpc) is 3.27. The van der Waals surface area contributed by atoms with Gasteiger partial charge in [-0.1, -0.05) is 18.2 Å². The van der Waals surface area contributed by atoms with Crippen molar-refractivity contribution in [1.29, 1.82) is 0 Å². The number of halogens is 3. The summed E-state index contributed by atoms with van der Waals surface area (Å²) in [5, 5.41) is 0. The average molecular weight is 359 g/mol. The Bertz CT molecular complexity index is 964. The maximum absolute atomic E-state index is 12.9. The first kappa shape index (κ1) is 16.6. The van der Waals surface area contributed by atoms with Crippen molar-refractivity contribution in [2.45, 2.75) is 18.6 Å². The fourth-order valence-corrected chi connectivity index (χ4v) is 3.43. The first-order chi connectivity index (χ1) is 12.4. The van der Waals surface area contributed by atoms with Gasteiger partial charge in [0.15, 0.2) is 0 Å². The molecular formula is C19H16F3N3O. The molecule has 1 saturated heterocycles. The number of amides is 1. The predicted octanol–water partition coefficient (Wildman–Crippen LogP) is 4.14. The summed E-state index contributed by atoms with van der Waals surface area (Å²) in [6.45, 7) is 0.960. The van der Waals surface area contributed by atoms with E-state index in [9.17, 15) is 18.0 Å². The number of likely N-dealkylation sites (tertiary alicyclic amines) is 1. The van der Waals surface area contributed by atoms with Gasteiger partial charge < -0.3 is 9.47 Å². The molecule has 0 radical (unpaired) electrons. The van der Waals surface area contributed by atoms with Crippen LogP contribution in [-0.2, 0) is 6.18 Å². The number of carbonyl (C=O) groups excluding carboxylic acids is 1. The molecule has 1 atom stereocenters. The molecule has 26 heavy (non-hydrogen) atoms. The second kappa shape index (κ2) is 6.16. The molecule has 1 unspecified atom stereocenters. The number of para-hydroxylation sites is 2. The number of hydrogen-bond donors (Lipinski definition) is 0. The fourth-order valence-electron chi connectivity index (χ4n) is 3.43. The Labute approximate surface area is 147 Å². The van der Waals surface area contributed by atoms with E-state index in [4.69, 9.17) is 0 Å². The van der Waals surface area contributed by atoms with Gasteiger partial charge in [0.1, 0.15) is 0 Å². The van der Waals surface area contributed by atoms with Crippen LogP contribution in [0.15, 0.2) is 54.9 Å². The number of fused-ring (bicyclic) bond motifs is 1. The molecular weight excluding hydrogens is 343 g/mol. The van der Waals surface area contributed by atoms with Gasteiger partial charge in [-0.05, 0) is 36.8 Å². The van der Waals surface area contributed by atoms with E-state index in [1.807, 2.05) is 28.8 Å². The zero-order valence-corrected chi connectivity index (χ0v) is 13.8. The van der Waals surface area contributed by atoms with E-state index in [2.05, 4.69) is 4.98 Å². The molecule has 7 heteroatoms.